The van der Waals surface area contributed by atoms with Crippen LogP contribution < -0.4 is 10.0 Å². The van der Waals surface area contributed by atoms with Gasteiger partial charge >= 0.3 is 0 Å². The number of amides is 2. The Morgan fingerprint density at radius 1 is 1.19 bits per heavy atom. The number of hydrogen-bond donors (Lipinski definition) is 2. The van der Waals surface area contributed by atoms with Crippen molar-refractivity contribution < 1.29 is 22.4 Å². The van der Waals surface area contributed by atoms with Gasteiger partial charge in [-0.1, -0.05) is 18.5 Å². The molecule has 7 nitrogen and oxygen atoms in total. The number of piperidine rings is 1. The second-order valence-electron chi connectivity index (χ2n) is 7.64. The van der Waals surface area contributed by atoms with E-state index in [4.69, 9.17) is 11.6 Å². The van der Waals surface area contributed by atoms with E-state index < -0.39 is 15.8 Å². The van der Waals surface area contributed by atoms with E-state index in [1.54, 1.807) is 4.90 Å². The molecule has 1 saturated heterocycles. The highest BCUT2D eigenvalue weighted by atomic mass is 35.5. The summed E-state index contributed by atoms with van der Waals surface area (Å²) in [7, 11) is -4.12. The van der Waals surface area contributed by atoms with Gasteiger partial charge in [-0.25, -0.2) is 12.8 Å². The average Bonchev–Trinajstić information content (AvgIpc) is 2.78. The lowest BCUT2D eigenvalue weighted by Crippen LogP contribution is -2.45. The summed E-state index contributed by atoms with van der Waals surface area (Å²) in [5, 5.41) is 2.81. The number of rotatable bonds is 7. The maximum absolute atomic E-state index is 13.1. The second kappa shape index (κ2) is 10.3. The van der Waals surface area contributed by atoms with Crippen LogP contribution in [0.25, 0.3) is 0 Å². The largest absolute Gasteiger partial charge is 0.356 e. The zero-order chi connectivity index (χ0) is 23.3. The zero-order valence-corrected chi connectivity index (χ0v) is 19.2. The van der Waals surface area contributed by atoms with Crippen molar-refractivity contribution in [2.24, 2.45) is 5.92 Å². The van der Waals surface area contributed by atoms with Gasteiger partial charge in [0.15, 0.2) is 0 Å². The van der Waals surface area contributed by atoms with Crippen LogP contribution in [0.15, 0.2) is 47.4 Å². The fourth-order valence-electron chi connectivity index (χ4n) is 3.52. The first kappa shape index (κ1) is 24.0. The molecule has 10 heteroatoms. The van der Waals surface area contributed by atoms with Crippen molar-refractivity contribution in [2.75, 3.05) is 24.4 Å². The molecule has 32 heavy (non-hydrogen) atoms. The van der Waals surface area contributed by atoms with Crippen LogP contribution in [0.5, 0.6) is 0 Å². The number of carbonyl (C=O) groups excluding carboxylic acids is 2. The van der Waals surface area contributed by atoms with Crippen LogP contribution in [0.3, 0.4) is 0 Å². The van der Waals surface area contributed by atoms with Gasteiger partial charge in [0, 0.05) is 30.9 Å². The second-order valence-corrected chi connectivity index (χ2v) is 9.70. The molecule has 1 unspecified atom stereocenters. The number of benzene rings is 2. The number of carbonyl (C=O) groups is 2. The van der Waals surface area contributed by atoms with Crippen LogP contribution in [0.1, 0.15) is 36.5 Å². The van der Waals surface area contributed by atoms with Gasteiger partial charge in [0.2, 0.25) is 5.91 Å². The molecule has 0 spiro atoms. The minimum atomic E-state index is -4.12. The molecule has 0 aromatic heterocycles. The lowest BCUT2D eigenvalue weighted by Gasteiger charge is -2.32. The minimum Gasteiger partial charge on any atom is -0.356 e. The predicted molar refractivity (Wildman–Crippen MR) is 121 cm³/mol. The third kappa shape index (κ3) is 5.77. The quantitative estimate of drug-likeness (QED) is 0.630. The van der Waals surface area contributed by atoms with Crippen molar-refractivity contribution in [1.82, 2.24) is 10.2 Å². The van der Waals surface area contributed by atoms with E-state index >= 15 is 0 Å². The van der Waals surface area contributed by atoms with Gasteiger partial charge < -0.3 is 10.2 Å². The summed E-state index contributed by atoms with van der Waals surface area (Å²) in [6.07, 6.45) is 2.21. The van der Waals surface area contributed by atoms with E-state index in [0.717, 1.165) is 18.6 Å². The Kier molecular flexibility index (Phi) is 7.73. The standard InChI is InChI=1S/C22H25ClFN3O4S/c1-2-11-25-21(28)16-4-3-12-27(14-16)22(29)15-5-10-19(23)20(13-15)32(30,31)26-18-8-6-17(24)7-9-18/h5-10,13,16,26H,2-4,11-12,14H2,1H3,(H,25,28). The Bertz CT molecular complexity index is 1090. The molecule has 1 heterocycles. The Morgan fingerprint density at radius 2 is 1.91 bits per heavy atom. The molecule has 2 aromatic rings. The van der Waals surface area contributed by atoms with E-state index in [9.17, 15) is 22.4 Å². The number of nitrogens with zero attached hydrogens (tertiary/aromatic N) is 1. The third-order valence-electron chi connectivity index (χ3n) is 5.19. The summed E-state index contributed by atoms with van der Waals surface area (Å²) in [4.78, 5) is 26.7. The van der Waals surface area contributed by atoms with E-state index in [1.807, 2.05) is 6.92 Å². The molecule has 1 fully saturated rings. The van der Waals surface area contributed by atoms with Crippen LogP contribution in [-0.2, 0) is 14.8 Å². The van der Waals surface area contributed by atoms with Crippen LogP contribution >= 0.6 is 11.6 Å². The SMILES string of the molecule is CCCNC(=O)C1CCCN(C(=O)c2ccc(Cl)c(S(=O)(=O)Nc3ccc(F)cc3)c2)C1. The number of sulfonamides is 1. The average molecular weight is 482 g/mol. The van der Waals surface area contributed by atoms with Crippen molar-refractivity contribution in [3.05, 3.63) is 58.9 Å². The Morgan fingerprint density at radius 3 is 2.59 bits per heavy atom. The van der Waals surface area contributed by atoms with Crippen LogP contribution in [-0.4, -0.2) is 44.8 Å². The first-order valence-corrected chi connectivity index (χ1v) is 12.2. The molecule has 0 aliphatic carbocycles. The van der Waals surface area contributed by atoms with Gasteiger partial charge in [0.1, 0.15) is 10.7 Å². The normalized spacial score (nSPS) is 16.5. The molecule has 2 amide bonds. The monoisotopic (exact) mass is 481 g/mol. The first-order chi connectivity index (χ1) is 15.2. The molecule has 0 radical (unpaired) electrons. The van der Waals surface area contributed by atoms with Crippen LogP contribution in [0.2, 0.25) is 5.02 Å². The molecule has 2 aromatic carbocycles. The number of likely N-dealkylation sites (tertiary alicyclic amines) is 1. The van der Waals surface area contributed by atoms with Crippen LogP contribution in [0, 0.1) is 11.7 Å². The topological polar surface area (TPSA) is 95.6 Å². The molecule has 172 valence electrons. The molecule has 0 bridgehead atoms. The van der Waals surface area contributed by atoms with Gasteiger partial charge in [0.05, 0.1) is 10.9 Å². The highest BCUT2D eigenvalue weighted by molar-refractivity contribution is 7.92. The minimum absolute atomic E-state index is 0.0494. The van der Waals surface area contributed by atoms with E-state index in [-0.39, 0.29) is 45.4 Å². The summed E-state index contributed by atoms with van der Waals surface area (Å²) in [6.45, 7) is 3.30. The highest BCUT2D eigenvalue weighted by Gasteiger charge is 2.29. The smallest absolute Gasteiger partial charge is 0.263 e. The van der Waals surface area contributed by atoms with E-state index in [0.29, 0.717) is 25.9 Å². The third-order valence-corrected chi connectivity index (χ3v) is 7.06. The molecular formula is C22H25ClFN3O4S. The molecular weight excluding hydrogens is 457 g/mol. The van der Waals surface area contributed by atoms with Gasteiger partial charge in [0.25, 0.3) is 15.9 Å². The van der Waals surface area contributed by atoms with E-state index in [2.05, 4.69) is 10.0 Å². The fraction of sp³-hybridized carbons (Fsp3) is 0.364. The Labute approximate surface area is 192 Å². The number of anilines is 1. The molecule has 0 saturated carbocycles. The Balaban J connectivity index is 1.79. The lowest BCUT2D eigenvalue weighted by molar-refractivity contribution is -0.126. The van der Waals surface area contributed by atoms with Crippen molar-refractivity contribution >= 4 is 39.1 Å². The molecule has 1 aliphatic heterocycles. The zero-order valence-electron chi connectivity index (χ0n) is 17.6. The van der Waals surface area contributed by atoms with Crippen molar-refractivity contribution in [3.63, 3.8) is 0 Å². The van der Waals surface area contributed by atoms with Gasteiger partial charge in [-0.3, -0.25) is 14.3 Å². The van der Waals surface area contributed by atoms with Crippen LogP contribution in [0.4, 0.5) is 10.1 Å². The number of nitrogens with one attached hydrogen (secondary N) is 2. The van der Waals surface area contributed by atoms with Crippen molar-refractivity contribution in [2.45, 2.75) is 31.1 Å². The Hall–Kier alpha value is -2.65. The number of hydrogen-bond acceptors (Lipinski definition) is 4. The van der Waals surface area contributed by atoms with Gasteiger partial charge in [-0.15, -0.1) is 0 Å². The summed E-state index contributed by atoms with van der Waals surface area (Å²) in [5.74, 6) is -1.24. The first-order valence-electron chi connectivity index (χ1n) is 10.4. The molecule has 1 atom stereocenters. The molecule has 3 rings (SSSR count). The maximum Gasteiger partial charge on any atom is 0.263 e. The molecule has 1 aliphatic rings. The lowest BCUT2D eigenvalue weighted by atomic mass is 9.96. The summed E-state index contributed by atoms with van der Waals surface area (Å²) in [5.41, 5.74) is 0.319. The van der Waals surface area contributed by atoms with Gasteiger partial charge in [-0.2, -0.15) is 0 Å². The van der Waals surface area contributed by atoms with E-state index in [1.165, 1.54) is 30.3 Å². The molecule has 2 N–H and O–H groups in total. The fourth-order valence-corrected chi connectivity index (χ4v) is 5.11. The number of halogens is 2. The van der Waals surface area contributed by atoms with Crippen molar-refractivity contribution in [3.8, 4) is 0 Å². The predicted octanol–water partition coefficient (Wildman–Crippen LogP) is 3.66. The maximum atomic E-state index is 13.1. The summed E-state index contributed by atoms with van der Waals surface area (Å²) >= 11 is 6.12. The van der Waals surface area contributed by atoms with Gasteiger partial charge in [-0.05, 0) is 61.7 Å². The summed E-state index contributed by atoms with van der Waals surface area (Å²) < 4.78 is 41.1. The summed E-state index contributed by atoms with van der Waals surface area (Å²) in [6, 6.07) is 8.86. The highest BCUT2D eigenvalue weighted by Crippen LogP contribution is 2.27. The van der Waals surface area contributed by atoms with Crippen molar-refractivity contribution in [1.29, 1.82) is 0 Å².